The zero-order valence-corrected chi connectivity index (χ0v) is 18.0. The third kappa shape index (κ3) is 4.63. The first-order valence-electron chi connectivity index (χ1n) is 9.93. The Labute approximate surface area is 178 Å². The number of aromatic amines is 1. The van der Waals surface area contributed by atoms with E-state index in [1.165, 1.54) is 12.4 Å². The molecule has 0 amide bonds. The van der Waals surface area contributed by atoms with E-state index in [-0.39, 0.29) is 42.9 Å². The van der Waals surface area contributed by atoms with E-state index in [2.05, 4.69) is 9.97 Å². The highest BCUT2D eigenvalue weighted by atomic mass is 32.2. The number of nitrogens with one attached hydrogen (secondary N) is 1. The maximum atomic E-state index is 13.5. The number of alkyl halides is 2. The Bertz CT molecular complexity index is 1290. The number of ether oxygens (including phenoxy) is 1. The fourth-order valence-electron chi connectivity index (χ4n) is 4.00. The molecule has 3 heterocycles. The van der Waals surface area contributed by atoms with Crippen molar-refractivity contribution in [1.29, 1.82) is 0 Å². The molecule has 1 aliphatic rings. The van der Waals surface area contributed by atoms with Crippen molar-refractivity contribution in [3.05, 3.63) is 52.2 Å². The molecule has 0 unspecified atom stereocenters. The smallest absolute Gasteiger partial charge is 0.272 e. The predicted octanol–water partition coefficient (Wildman–Crippen LogP) is 3.50. The molecule has 0 radical (unpaired) electrons. The highest BCUT2D eigenvalue weighted by Gasteiger charge is 2.36. The molecular weight excluding hydrogens is 428 g/mol. The number of halogens is 2. The number of pyridine rings is 1. The summed E-state index contributed by atoms with van der Waals surface area (Å²) in [4.78, 5) is 19.3. The van der Waals surface area contributed by atoms with Crippen molar-refractivity contribution >= 4 is 15.4 Å². The van der Waals surface area contributed by atoms with Crippen LogP contribution in [0.1, 0.15) is 36.8 Å². The number of aromatic nitrogens is 3. The molecule has 10 heteroatoms. The van der Waals surface area contributed by atoms with Crippen molar-refractivity contribution in [2.75, 3.05) is 6.26 Å². The largest absolute Gasteiger partial charge is 0.474 e. The zero-order valence-electron chi connectivity index (χ0n) is 17.2. The van der Waals surface area contributed by atoms with E-state index in [9.17, 15) is 22.0 Å². The molecular formula is C21H23F2N3O4S. The third-order valence-electron chi connectivity index (χ3n) is 5.44. The molecule has 1 fully saturated rings. The van der Waals surface area contributed by atoms with Crippen molar-refractivity contribution in [1.82, 2.24) is 14.4 Å². The normalized spacial score (nSPS) is 17.2. The number of hydrogen-bond donors (Lipinski definition) is 1. The molecule has 1 saturated carbocycles. The summed E-state index contributed by atoms with van der Waals surface area (Å²) in [5, 5.41) is 0. The van der Waals surface area contributed by atoms with E-state index in [1.807, 2.05) is 0 Å². The van der Waals surface area contributed by atoms with E-state index in [0.717, 1.165) is 11.8 Å². The zero-order chi connectivity index (χ0) is 22.4. The van der Waals surface area contributed by atoms with Gasteiger partial charge in [-0.1, -0.05) is 0 Å². The van der Waals surface area contributed by atoms with Gasteiger partial charge in [-0.2, -0.15) is 0 Å². The summed E-state index contributed by atoms with van der Waals surface area (Å²) in [6, 6.07) is 3.47. The van der Waals surface area contributed by atoms with Gasteiger partial charge in [0, 0.05) is 37.7 Å². The van der Waals surface area contributed by atoms with Crippen LogP contribution in [0.5, 0.6) is 5.88 Å². The van der Waals surface area contributed by atoms with E-state index in [4.69, 9.17) is 4.74 Å². The molecule has 1 N–H and O–H groups in total. The van der Waals surface area contributed by atoms with Gasteiger partial charge in [0.2, 0.25) is 11.8 Å². The van der Waals surface area contributed by atoms with Crippen molar-refractivity contribution in [3.8, 4) is 17.1 Å². The lowest BCUT2D eigenvalue weighted by Crippen LogP contribution is -2.31. The van der Waals surface area contributed by atoms with Crippen molar-refractivity contribution in [2.45, 2.75) is 50.4 Å². The quantitative estimate of drug-likeness (QED) is 0.641. The van der Waals surface area contributed by atoms with Crippen LogP contribution in [0.3, 0.4) is 0 Å². The van der Waals surface area contributed by atoms with Gasteiger partial charge in [-0.25, -0.2) is 22.2 Å². The molecule has 166 valence electrons. The van der Waals surface area contributed by atoms with Crippen LogP contribution in [0.15, 0.2) is 35.5 Å². The lowest BCUT2D eigenvalue weighted by molar-refractivity contribution is -0.0587. The van der Waals surface area contributed by atoms with Gasteiger partial charge < -0.3 is 14.1 Å². The summed E-state index contributed by atoms with van der Waals surface area (Å²) in [5.41, 5.74) is 2.51. The summed E-state index contributed by atoms with van der Waals surface area (Å²) in [6.45, 7) is 1.80. The third-order valence-corrected chi connectivity index (χ3v) is 6.29. The fraction of sp³-hybridized carbons (Fsp3) is 0.429. The maximum Gasteiger partial charge on any atom is 0.272 e. The SMILES string of the molecule is Cc1cc(-c2cc(CS(C)(=O)=O)cnc2OC2CCC(F)(F)CC2)n2cc[nH]c(=O)c12. The van der Waals surface area contributed by atoms with Crippen LogP contribution in [-0.2, 0) is 15.6 Å². The van der Waals surface area contributed by atoms with Crippen LogP contribution in [0.25, 0.3) is 16.8 Å². The molecule has 1 aliphatic carbocycles. The Morgan fingerprint density at radius 1 is 1.29 bits per heavy atom. The summed E-state index contributed by atoms with van der Waals surface area (Å²) in [6.07, 6.45) is 5.25. The number of fused-ring (bicyclic) bond motifs is 1. The molecule has 0 spiro atoms. The molecule has 3 aromatic rings. The Hall–Kier alpha value is -2.75. The van der Waals surface area contributed by atoms with Gasteiger partial charge in [-0.15, -0.1) is 0 Å². The van der Waals surface area contributed by atoms with E-state index in [1.54, 1.807) is 29.7 Å². The highest BCUT2D eigenvalue weighted by Crippen LogP contribution is 2.37. The summed E-state index contributed by atoms with van der Waals surface area (Å²) < 4.78 is 58.3. The fourth-order valence-corrected chi connectivity index (χ4v) is 4.77. The van der Waals surface area contributed by atoms with Gasteiger partial charge in [0.05, 0.1) is 17.0 Å². The number of aryl methyl sites for hydroxylation is 1. The van der Waals surface area contributed by atoms with Crippen LogP contribution in [-0.4, -0.2) is 41.1 Å². The average Bonchev–Trinajstić information content (AvgIpc) is 3.01. The minimum atomic E-state index is -3.30. The predicted molar refractivity (Wildman–Crippen MR) is 112 cm³/mol. The van der Waals surface area contributed by atoms with E-state index >= 15 is 0 Å². The second-order valence-electron chi connectivity index (χ2n) is 8.16. The first kappa shape index (κ1) is 21.5. The van der Waals surface area contributed by atoms with Crippen molar-refractivity contribution in [2.24, 2.45) is 0 Å². The van der Waals surface area contributed by atoms with E-state index in [0.29, 0.717) is 22.3 Å². The highest BCUT2D eigenvalue weighted by molar-refractivity contribution is 7.89. The Kier molecular flexibility index (Phi) is 5.36. The first-order chi connectivity index (χ1) is 14.5. The minimum absolute atomic E-state index is 0.201. The molecule has 3 aromatic heterocycles. The standard InChI is InChI=1S/C21H23F2N3O4S/c1-13-9-17(26-8-7-24-19(27)18(13)26)16-10-14(12-31(2,28)29)11-25-20(16)30-15-3-5-21(22,23)6-4-15/h7-11,15H,3-6,12H2,1-2H3,(H,24,27). The topological polar surface area (TPSA) is 93.5 Å². The number of rotatable bonds is 5. The van der Waals surface area contributed by atoms with Crippen LogP contribution >= 0.6 is 0 Å². The molecule has 4 rings (SSSR count). The van der Waals surface area contributed by atoms with Gasteiger partial charge in [0.1, 0.15) is 11.6 Å². The minimum Gasteiger partial charge on any atom is -0.474 e. The summed E-state index contributed by atoms with van der Waals surface area (Å²) in [5.74, 6) is -2.65. The molecule has 0 saturated heterocycles. The molecule has 7 nitrogen and oxygen atoms in total. The van der Waals surface area contributed by atoms with Crippen molar-refractivity contribution < 1.29 is 21.9 Å². The lowest BCUT2D eigenvalue weighted by atomic mass is 9.94. The van der Waals surface area contributed by atoms with Crippen LogP contribution in [0.4, 0.5) is 8.78 Å². The molecule has 0 atom stereocenters. The van der Waals surface area contributed by atoms with E-state index < -0.39 is 21.9 Å². The maximum absolute atomic E-state index is 13.5. The van der Waals surface area contributed by atoms with Gasteiger partial charge in [0.15, 0.2) is 9.84 Å². The molecule has 0 bridgehead atoms. The average molecular weight is 451 g/mol. The van der Waals surface area contributed by atoms with Gasteiger partial charge in [-0.05, 0) is 43.0 Å². The van der Waals surface area contributed by atoms with Crippen LogP contribution in [0.2, 0.25) is 0 Å². The molecule has 31 heavy (non-hydrogen) atoms. The van der Waals surface area contributed by atoms with Crippen molar-refractivity contribution in [3.63, 3.8) is 0 Å². The molecule has 0 aromatic carbocycles. The number of H-pyrrole nitrogens is 1. The number of nitrogens with zero attached hydrogens (tertiary/aromatic N) is 2. The molecule has 0 aliphatic heterocycles. The van der Waals surface area contributed by atoms with Crippen LogP contribution in [0, 0.1) is 6.92 Å². The Morgan fingerprint density at radius 3 is 2.68 bits per heavy atom. The Balaban J connectivity index is 1.80. The first-order valence-corrected chi connectivity index (χ1v) is 12.0. The number of sulfone groups is 1. The van der Waals surface area contributed by atoms with Gasteiger partial charge >= 0.3 is 0 Å². The Morgan fingerprint density at radius 2 is 2.00 bits per heavy atom. The second-order valence-corrected chi connectivity index (χ2v) is 10.3. The number of hydrogen-bond acceptors (Lipinski definition) is 5. The summed E-state index contributed by atoms with van der Waals surface area (Å²) in [7, 11) is -3.30. The van der Waals surface area contributed by atoms with Gasteiger partial charge in [0.25, 0.3) is 5.56 Å². The van der Waals surface area contributed by atoms with Gasteiger partial charge in [-0.3, -0.25) is 4.79 Å². The van der Waals surface area contributed by atoms with Crippen LogP contribution < -0.4 is 10.3 Å². The lowest BCUT2D eigenvalue weighted by Gasteiger charge is -2.28. The second kappa shape index (κ2) is 7.74. The summed E-state index contributed by atoms with van der Waals surface area (Å²) >= 11 is 0. The monoisotopic (exact) mass is 451 g/mol.